The van der Waals surface area contributed by atoms with Crippen LogP contribution in [0.25, 0.3) is 0 Å². The number of hydrogen-bond donors (Lipinski definition) is 0. The molecule has 0 aliphatic carbocycles. The standard InChI is InChI=1S/C21H21N/c1-17-9-8-14-21(22-17)16-20(19-12-6-3-7-13-19)15-18-10-4-2-5-11-18/h2-14,20H,15-16H2,1H3/t20-/m1/s1. The van der Waals surface area contributed by atoms with Crippen molar-refractivity contribution in [3.05, 3.63) is 101 Å². The minimum atomic E-state index is 0.456. The van der Waals surface area contributed by atoms with Gasteiger partial charge in [0, 0.05) is 11.4 Å². The largest absolute Gasteiger partial charge is 0.258 e. The third kappa shape index (κ3) is 3.82. The maximum atomic E-state index is 4.68. The SMILES string of the molecule is Cc1cccc(C[C@@H](Cc2ccccc2)c2ccccc2)n1. The van der Waals surface area contributed by atoms with Crippen LogP contribution < -0.4 is 0 Å². The van der Waals surface area contributed by atoms with E-state index in [4.69, 9.17) is 0 Å². The van der Waals surface area contributed by atoms with Crippen molar-refractivity contribution in [3.8, 4) is 0 Å². The summed E-state index contributed by atoms with van der Waals surface area (Å²) in [7, 11) is 0. The Morgan fingerprint density at radius 1 is 0.727 bits per heavy atom. The fourth-order valence-corrected chi connectivity index (χ4v) is 2.90. The molecule has 3 rings (SSSR count). The van der Waals surface area contributed by atoms with Gasteiger partial charge in [0.15, 0.2) is 0 Å². The maximum Gasteiger partial charge on any atom is 0.0413 e. The summed E-state index contributed by atoms with van der Waals surface area (Å²) < 4.78 is 0. The van der Waals surface area contributed by atoms with Gasteiger partial charge in [0.1, 0.15) is 0 Å². The van der Waals surface area contributed by atoms with Crippen molar-refractivity contribution in [2.24, 2.45) is 0 Å². The molecule has 1 heterocycles. The van der Waals surface area contributed by atoms with E-state index in [9.17, 15) is 0 Å². The van der Waals surface area contributed by atoms with Gasteiger partial charge in [0.2, 0.25) is 0 Å². The first-order chi connectivity index (χ1) is 10.8. The van der Waals surface area contributed by atoms with Crippen LogP contribution in [-0.4, -0.2) is 4.98 Å². The molecule has 0 aliphatic rings. The summed E-state index contributed by atoms with van der Waals surface area (Å²) in [5, 5.41) is 0. The van der Waals surface area contributed by atoms with Gasteiger partial charge in [-0.3, -0.25) is 4.98 Å². The Morgan fingerprint density at radius 3 is 2.09 bits per heavy atom. The first-order valence-corrected chi connectivity index (χ1v) is 7.82. The number of benzene rings is 2. The normalized spacial score (nSPS) is 12.0. The molecule has 0 amide bonds. The van der Waals surface area contributed by atoms with E-state index >= 15 is 0 Å². The summed E-state index contributed by atoms with van der Waals surface area (Å²) in [5.74, 6) is 0.456. The van der Waals surface area contributed by atoms with E-state index in [1.54, 1.807) is 0 Å². The van der Waals surface area contributed by atoms with Crippen molar-refractivity contribution in [1.29, 1.82) is 0 Å². The predicted octanol–water partition coefficient (Wildman–Crippen LogP) is 4.96. The number of nitrogens with zero attached hydrogens (tertiary/aromatic N) is 1. The van der Waals surface area contributed by atoms with Crippen LogP contribution >= 0.6 is 0 Å². The molecule has 0 fully saturated rings. The molecule has 1 nitrogen and oxygen atoms in total. The minimum absolute atomic E-state index is 0.456. The highest BCUT2D eigenvalue weighted by molar-refractivity contribution is 5.26. The molecule has 1 aromatic heterocycles. The molecule has 110 valence electrons. The van der Waals surface area contributed by atoms with E-state index in [0.717, 1.165) is 18.5 Å². The molecule has 3 aromatic rings. The first kappa shape index (κ1) is 14.5. The van der Waals surface area contributed by atoms with Crippen LogP contribution in [0.5, 0.6) is 0 Å². The van der Waals surface area contributed by atoms with E-state index in [1.807, 2.05) is 0 Å². The van der Waals surface area contributed by atoms with Crippen molar-refractivity contribution in [2.75, 3.05) is 0 Å². The van der Waals surface area contributed by atoms with Crippen LogP contribution in [0.1, 0.15) is 28.4 Å². The van der Waals surface area contributed by atoms with Crippen LogP contribution in [0.3, 0.4) is 0 Å². The molecular weight excluding hydrogens is 266 g/mol. The zero-order valence-corrected chi connectivity index (χ0v) is 12.9. The lowest BCUT2D eigenvalue weighted by Gasteiger charge is -2.17. The zero-order valence-electron chi connectivity index (χ0n) is 12.9. The molecule has 0 N–H and O–H groups in total. The summed E-state index contributed by atoms with van der Waals surface area (Å²) in [4.78, 5) is 4.68. The molecule has 0 saturated heterocycles. The highest BCUT2D eigenvalue weighted by atomic mass is 14.7. The number of hydrogen-bond acceptors (Lipinski definition) is 1. The molecule has 0 bridgehead atoms. The second-order valence-corrected chi connectivity index (χ2v) is 5.77. The highest BCUT2D eigenvalue weighted by Gasteiger charge is 2.14. The maximum absolute atomic E-state index is 4.68. The van der Waals surface area contributed by atoms with E-state index in [0.29, 0.717) is 5.92 Å². The number of rotatable bonds is 5. The first-order valence-electron chi connectivity index (χ1n) is 7.82. The summed E-state index contributed by atoms with van der Waals surface area (Å²) in [5.41, 5.74) is 5.02. The van der Waals surface area contributed by atoms with Crippen molar-refractivity contribution in [3.63, 3.8) is 0 Å². The lowest BCUT2D eigenvalue weighted by molar-refractivity contribution is 0.667. The molecule has 1 atom stereocenters. The summed E-state index contributed by atoms with van der Waals surface area (Å²) in [6.07, 6.45) is 2.01. The fraction of sp³-hybridized carbons (Fsp3) is 0.190. The predicted molar refractivity (Wildman–Crippen MR) is 92.0 cm³/mol. The molecule has 2 aromatic carbocycles. The molecule has 0 unspecified atom stereocenters. The Balaban J connectivity index is 1.86. The van der Waals surface area contributed by atoms with E-state index in [2.05, 4.69) is 90.8 Å². The minimum Gasteiger partial charge on any atom is -0.258 e. The van der Waals surface area contributed by atoms with Crippen molar-refractivity contribution >= 4 is 0 Å². The zero-order chi connectivity index (χ0) is 15.2. The van der Waals surface area contributed by atoms with Crippen molar-refractivity contribution < 1.29 is 0 Å². The molecular formula is C21H21N. The van der Waals surface area contributed by atoms with E-state index < -0.39 is 0 Å². The molecule has 0 aliphatic heterocycles. The van der Waals surface area contributed by atoms with Crippen LogP contribution in [0.15, 0.2) is 78.9 Å². The van der Waals surface area contributed by atoms with Gasteiger partial charge in [-0.2, -0.15) is 0 Å². The van der Waals surface area contributed by atoms with Crippen LogP contribution in [0, 0.1) is 6.92 Å². The van der Waals surface area contributed by atoms with Crippen LogP contribution in [0.4, 0.5) is 0 Å². The Hall–Kier alpha value is -2.41. The van der Waals surface area contributed by atoms with Gasteiger partial charge < -0.3 is 0 Å². The van der Waals surface area contributed by atoms with Crippen molar-refractivity contribution in [1.82, 2.24) is 4.98 Å². The van der Waals surface area contributed by atoms with Gasteiger partial charge in [-0.05, 0) is 48.9 Å². The molecule has 0 saturated carbocycles. The third-order valence-corrected chi connectivity index (χ3v) is 4.00. The van der Waals surface area contributed by atoms with E-state index in [-0.39, 0.29) is 0 Å². The Kier molecular flexibility index (Phi) is 4.65. The monoisotopic (exact) mass is 287 g/mol. The Labute approximate surface area is 132 Å². The fourth-order valence-electron chi connectivity index (χ4n) is 2.90. The van der Waals surface area contributed by atoms with Gasteiger partial charge in [-0.25, -0.2) is 0 Å². The van der Waals surface area contributed by atoms with Gasteiger partial charge in [-0.1, -0.05) is 66.7 Å². The number of aryl methyl sites for hydroxylation is 1. The van der Waals surface area contributed by atoms with E-state index in [1.165, 1.54) is 16.8 Å². The Bertz CT molecular complexity index is 704. The average Bonchev–Trinajstić information content (AvgIpc) is 2.56. The molecule has 1 heteroatoms. The number of pyridine rings is 1. The van der Waals surface area contributed by atoms with Crippen molar-refractivity contribution in [2.45, 2.75) is 25.7 Å². The summed E-state index contributed by atoms with van der Waals surface area (Å²) in [6, 6.07) is 27.8. The second kappa shape index (κ2) is 7.04. The second-order valence-electron chi connectivity index (χ2n) is 5.77. The smallest absolute Gasteiger partial charge is 0.0413 e. The topological polar surface area (TPSA) is 12.9 Å². The number of aromatic nitrogens is 1. The molecule has 22 heavy (non-hydrogen) atoms. The average molecular weight is 287 g/mol. The molecule has 0 spiro atoms. The van der Waals surface area contributed by atoms with Gasteiger partial charge in [-0.15, -0.1) is 0 Å². The van der Waals surface area contributed by atoms with Crippen LogP contribution in [0.2, 0.25) is 0 Å². The third-order valence-electron chi connectivity index (χ3n) is 4.00. The van der Waals surface area contributed by atoms with Gasteiger partial charge in [0.25, 0.3) is 0 Å². The quantitative estimate of drug-likeness (QED) is 0.646. The summed E-state index contributed by atoms with van der Waals surface area (Å²) in [6.45, 7) is 2.05. The lowest BCUT2D eigenvalue weighted by Crippen LogP contribution is -2.08. The molecule has 0 radical (unpaired) electrons. The lowest BCUT2D eigenvalue weighted by atomic mass is 9.88. The highest BCUT2D eigenvalue weighted by Crippen LogP contribution is 2.24. The van der Waals surface area contributed by atoms with Gasteiger partial charge in [0.05, 0.1) is 0 Å². The summed E-state index contributed by atoms with van der Waals surface area (Å²) >= 11 is 0. The van der Waals surface area contributed by atoms with Crippen LogP contribution in [-0.2, 0) is 12.8 Å². The Morgan fingerprint density at radius 2 is 1.41 bits per heavy atom. The van der Waals surface area contributed by atoms with Gasteiger partial charge >= 0.3 is 0 Å².